The molecule has 0 bridgehead atoms. The third-order valence-corrected chi connectivity index (χ3v) is 3.57. The number of carbonyl (C=O) groups is 1. The van der Waals surface area contributed by atoms with E-state index in [1.807, 2.05) is 13.0 Å². The van der Waals surface area contributed by atoms with Crippen LogP contribution in [-0.2, 0) is 6.18 Å². The van der Waals surface area contributed by atoms with Crippen molar-refractivity contribution in [2.24, 2.45) is 0 Å². The number of aromatic carboxylic acids is 1. The predicted molar refractivity (Wildman–Crippen MR) is 84.1 cm³/mol. The van der Waals surface area contributed by atoms with E-state index in [1.54, 1.807) is 18.2 Å². The monoisotopic (exact) mass is 347 g/mol. The van der Waals surface area contributed by atoms with Crippen molar-refractivity contribution in [2.45, 2.75) is 13.1 Å². The Morgan fingerprint density at radius 1 is 1.08 bits per heavy atom. The molecule has 0 aliphatic carbocycles. The van der Waals surface area contributed by atoms with Crippen LogP contribution in [0.3, 0.4) is 0 Å². The van der Waals surface area contributed by atoms with E-state index < -0.39 is 17.7 Å². The minimum Gasteiger partial charge on any atom is -0.476 e. The Labute approximate surface area is 140 Å². The van der Waals surface area contributed by atoms with Crippen LogP contribution in [0.1, 0.15) is 21.6 Å². The Kier molecular flexibility index (Phi) is 4.08. The molecule has 7 heteroatoms. The van der Waals surface area contributed by atoms with Gasteiger partial charge in [0, 0.05) is 11.1 Å². The van der Waals surface area contributed by atoms with Gasteiger partial charge in [-0.25, -0.2) is 9.78 Å². The van der Waals surface area contributed by atoms with E-state index in [1.165, 1.54) is 12.1 Å². The zero-order valence-corrected chi connectivity index (χ0v) is 13.0. The molecule has 0 aliphatic heterocycles. The molecule has 4 nitrogen and oxygen atoms in total. The number of benzene rings is 2. The average molecular weight is 347 g/mol. The van der Waals surface area contributed by atoms with Crippen molar-refractivity contribution in [3.8, 4) is 22.8 Å². The third-order valence-electron chi connectivity index (χ3n) is 3.57. The van der Waals surface area contributed by atoms with Gasteiger partial charge < -0.3 is 9.52 Å². The first-order chi connectivity index (χ1) is 11.8. The molecule has 0 amide bonds. The summed E-state index contributed by atoms with van der Waals surface area (Å²) in [6.07, 6.45) is -4.45. The van der Waals surface area contributed by atoms with Crippen molar-refractivity contribution >= 4 is 5.97 Å². The summed E-state index contributed by atoms with van der Waals surface area (Å²) < 4.78 is 43.5. The van der Waals surface area contributed by atoms with Gasteiger partial charge in [0.25, 0.3) is 0 Å². The summed E-state index contributed by atoms with van der Waals surface area (Å²) in [5.74, 6) is -1.27. The molecule has 0 spiro atoms. The van der Waals surface area contributed by atoms with Gasteiger partial charge in [0.2, 0.25) is 5.89 Å². The molecule has 0 aliphatic rings. The normalized spacial score (nSPS) is 11.5. The number of halogens is 3. The number of carboxylic acid groups (broad SMARTS) is 1. The minimum absolute atomic E-state index is 0.0531. The first kappa shape index (κ1) is 16.8. The Hall–Kier alpha value is -3.09. The standard InChI is InChI=1S/C18H12F3NO3/c1-10-3-2-4-12(9-10)15-14(17(23)24)22-16(25-15)11-5-7-13(8-6-11)18(19,20)21/h2-9H,1H3,(H,23,24). The highest BCUT2D eigenvalue weighted by Gasteiger charge is 2.30. The highest BCUT2D eigenvalue weighted by molar-refractivity contribution is 5.93. The first-order valence-corrected chi connectivity index (χ1v) is 7.24. The number of carboxylic acids is 1. The molecule has 25 heavy (non-hydrogen) atoms. The Morgan fingerprint density at radius 2 is 1.76 bits per heavy atom. The van der Waals surface area contributed by atoms with Crippen molar-refractivity contribution in [1.82, 2.24) is 4.98 Å². The smallest absolute Gasteiger partial charge is 0.416 e. The zero-order valence-electron chi connectivity index (χ0n) is 13.0. The molecular formula is C18H12F3NO3. The van der Waals surface area contributed by atoms with Gasteiger partial charge in [-0.15, -0.1) is 0 Å². The van der Waals surface area contributed by atoms with E-state index in [9.17, 15) is 23.1 Å². The molecule has 1 N–H and O–H groups in total. The van der Waals surface area contributed by atoms with Gasteiger partial charge in [-0.05, 0) is 37.3 Å². The highest BCUT2D eigenvalue weighted by atomic mass is 19.4. The molecule has 0 saturated carbocycles. The quantitative estimate of drug-likeness (QED) is 0.721. The number of oxazole rings is 1. The predicted octanol–water partition coefficient (Wildman–Crippen LogP) is 5.03. The van der Waals surface area contributed by atoms with Crippen LogP contribution < -0.4 is 0 Å². The maximum Gasteiger partial charge on any atom is 0.416 e. The van der Waals surface area contributed by atoms with E-state index >= 15 is 0 Å². The van der Waals surface area contributed by atoms with Gasteiger partial charge in [-0.3, -0.25) is 0 Å². The second kappa shape index (κ2) is 6.08. The Morgan fingerprint density at radius 3 is 2.32 bits per heavy atom. The molecule has 2 aromatic carbocycles. The summed E-state index contributed by atoms with van der Waals surface area (Å²) in [7, 11) is 0. The lowest BCUT2D eigenvalue weighted by molar-refractivity contribution is -0.137. The van der Waals surface area contributed by atoms with Gasteiger partial charge in [0.1, 0.15) is 0 Å². The maximum absolute atomic E-state index is 12.6. The van der Waals surface area contributed by atoms with E-state index in [0.29, 0.717) is 5.56 Å². The lowest BCUT2D eigenvalue weighted by atomic mass is 10.1. The molecule has 128 valence electrons. The van der Waals surface area contributed by atoms with E-state index in [2.05, 4.69) is 4.98 Å². The lowest BCUT2D eigenvalue weighted by Crippen LogP contribution is -2.04. The maximum atomic E-state index is 12.6. The van der Waals surface area contributed by atoms with Crippen molar-refractivity contribution in [1.29, 1.82) is 0 Å². The van der Waals surface area contributed by atoms with E-state index in [-0.39, 0.29) is 22.9 Å². The van der Waals surface area contributed by atoms with Gasteiger partial charge >= 0.3 is 12.1 Å². The van der Waals surface area contributed by atoms with Crippen molar-refractivity contribution < 1.29 is 27.5 Å². The Bertz CT molecular complexity index is 927. The van der Waals surface area contributed by atoms with Crippen molar-refractivity contribution in [3.05, 3.63) is 65.4 Å². The molecule has 3 aromatic rings. The fourth-order valence-corrected chi connectivity index (χ4v) is 2.37. The molecule has 0 atom stereocenters. The van der Waals surface area contributed by atoms with Gasteiger partial charge in [0.15, 0.2) is 11.5 Å². The average Bonchev–Trinajstić information content (AvgIpc) is 3.00. The lowest BCUT2D eigenvalue weighted by Gasteiger charge is -2.06. The highest BCUT2D eigenvalue weighted by Crippen LogP contribution is 2.33. The van der Waals surface area contributed by atoms with Crippen LogP contribution in [0.5, 0.6) is 0 Å². The number of aromatic nitrogens is 1. The second-order valence-corrected chi connectivity index (χ2v) is 5.45. The topological polar surface area (TPSA) is 63.3 Å². The first-order valence-electron chi connectivity index (χ1n) is 7.24. The molecule has 0 saturated heterocycles. The van der Waals surface area contributed by atoms with Crippen LogP contribution in [0.15, 0.2) is 52.9 Å². The van der Waals surface area contributed by atoms with E-state index in [0.717, 1.165) is 17.7 Å². The molecule has 3 rings (SSSR count). The second-order valence-electron chi connectivity index (χ2n) is 5.45. The van der Waals surface area contributed by atoms with Crippen LogP contribution in [0.25, 0.3) is 22.8 Å². The number of nitrogens with zero attached hydrogens (tertiary/aromatic N) is 1. The summed E-state index contributed by atoms with van der Waals surface area (Å²) in [6.45, 7) is 1.84. The summed E-state index contributed by atoms with van der Waals surface area (Å²) in [5.41, 5.74) is 0.597. The molecule has 1 heterocycles. The third kappa shape index (κ3) is 3.40. The number of alkyl halides is 3. The fraction of sp³-hybridized carbons (Fsp3) is 0.111. The molecule has 1 aromatic heterocycles. The van der Waals surface area contributed by atoms with Gasteiger partial charge in [0.05, 0.1) is 5.56 Å². The molecule has 0 radical (unpaired) electrons. The summed E-state index contributed by atoms with van der Waals surface area (Å²) in [4.78, 5) is 15.4. The zero-order chi connectivity index (χ0) is 18.2. The molecular weight excluding hydrogens is 335 g/mol. The van der Waals surface area contributed by atoms with Gasteiger partial charge in [-0.2, -0.15) is 13.2 Å². The van der Waals surface area contributed by atoms with Crippen LogP contribution in [0.4, 0.5) is 13.2 Å². The number of hydrogen-bond acceptors (Lipinski definition) is 3. The van der Waals surface area contributed by atoms with Crippen molar-refractivity contribution in [3.63, 3.8) is 0 Å². The minimum atomic E-state index is -4.45. The number of rotatable bonds is 3. The van der Waals surface area contributed by atoms with Crippen LogP contribution in [-0.4, -0.2) is 16.1 Å². The molecule has 0 fully saturated rings. The Balaban J connectivity index is 2.07. The largest absolute Gasteiger partial charge is 0.476 e. The molecule has 0 unspecified atom stereocenters. The van der Waals surface area contributed by atoms with Crippen molar-refractivity contribution in [2.75, 3.05) is 0 Å². The van der Waals surface area contributed by atoms with Crippen LogP contribution in [0.2, 0.25) is 0 Å². The summed E-state index contributed by atoms with van der Waals surface area (Å²) in [5, 5.41) is 9.34. The summed E-state index contributed by atoms with van der Waals surface area (Å²) >= 11 is 0. The number of hydrogen-bond donors (Lipinski definition) is 1. The van der Waals surface area contributed by atoms with Crippen LogP contribution >= 0.6 is 0 Å². The van der Waals surface area contributed by atoms with E-state index in [4.69, 9.17) is 4.42 Å². The van der Waals surface area contributed by atoms with Crippen LogP contribution in [0, 0.1) is 6.92 Å². The fourth-order valence-electron chi connectivity index (χ4n) is 2.37. The SMILES string of the molecule is Cc1cccc(-c2oc(-c3ccc(C(F)(F)F)cc3)nc2C(=O)O)c1. The number of aryl methyl sites for hydroxylation is 1. The summed E-state index contributed by atoms with van der Waals surface area (Å²) in [6, 6.07) is 11.2. The van der Waals surface area contributed by atoms with Gasteiger partial charge in [-0.1, -0.05) is 23.8 Å².